The number of aromatic nitrogens is 4. The molecular formula is C20H26N6O3. The minimum Gasteiger partial charge on any atom is -0.332 e. The highest BCUT2D eigenvalue weighted by Crippen LogP contribution is 2.34. The summed E-state index contributed by atoms with van der Waals surface area (Å²) in [5.41, 5.74) is 2.57. The Morgan fingerprint density at radius 1 is 1.41 bits per heavy atom. The number of H-pyrrole nitrogens is 2. The number of nitrogens with zero attached hydrogens (tertiary/aromatic N) is 4. The van der Waals surface area contributed by atoms with E-state index in [1.165, 1.54) is 0 Å². The molecule has 0 aliphatic carbocycles. The Morgan fingerprint density at radius 3 is 2.97 bits per heavy atom. The summed E-state index contributed by atoms with van der Waals surface area (Å²) in [4.78, 5) is 35.3. The Labute approximate surface area is 168 Å². The first-order valence-electron chi connectivity index (χ1n) is 10.1. The van der Waals surface area contributed by atoms with Gasteiger partial charge in [-0.3, -0.25) is 14.8 Å². The van der Waals surface area contributed by atoms with E-state index in [-0.39, 0.29) is 18.5 Å². The van der Waals surface area contributed by atoms with Gasteiger partial charge >= 0.3 is 0 Å². The summed E-state index contributed by atoms with van der Waals surface area (Å²) in [6, 6.07) is 3.76. The number of fused-ring (bicyclic) bond motifs is 2. The van der Waals surface area contributed by atoms with E-state index in [0.29, 0.717) is 30.3 Å². The first-order chi connectivity index (χ1) is 14.1. The predicted molar refractivity (Wildman–Crippen MR) is 107 cm³/mol. The fourth-order valence-electron chi connectivity index (χ4n) is 4.16. The normalized spacial score (nSPS) is 17.9. The maximum absolute atomic E-state index is 13.3. The average Bonchev–Trinajstić information content (AvgIpc) is 3.46. The molecule has 0 radical (unpaired) electrons. The van der Waals surface area contributed by atoms with Crippen LogP contribution < -0.4 is 0 Å². The lowest BCUT2D eigenvalue weighted by molar-refractivity contribution is -0.157. The fraction of sp³-hybridized carbons (Fsp3) is 0.500. The van der Waals surface area contributed by atoms with E-state index in [9.17, 15) is 14.8 Å². The molecule has 1 aromatic carbocycles. The molecule has 0 saturated carbocycles. The standard InChI is InChI=1S/C20H26N6O3/c1-2-3-5-13(11-25(29)12-27)20(28)26-7-4-6-18(26)19-22-16-8-14-10-21-24-15(14)9-17(16)23-19/h8-10,12-13,18,21,24,29H,2-7,11H2,1H3. The number of carbonyl (C=O) groups is 2. The van der Waals surface area contributed by atoms with Crippen molar-refractivity contribution in [2.45, 2.75) is 45.1 Å². The Morgan fingerprint density at radius 2 is 2.21 bits per heavy atom. The monoisotopic (exact) mass is 398 g/mol. The van der Waals surface area contributed by atoms with Gasteiger partial charge in [0.15, 0.2) is 5.82 Å². The second kappa shape index (κ2) is 8.20. The van der Waals surface area contributed by atoms with Gasteiger partial charge in [-0.2, -0.15) is 0 Å². The molecule has 2 atom stereocenters. The zero-order valence-electron chi connectivity index (χ0n) is 16.5. The van der Waals surface area contributed by atoms with Crippen LogP contribution in [0.25, 0.3) is 21.9 Å². The minimum atomic E-state index is -0.427. The van der Waals surface area contributed by atoms with Crippen molar-refractivity contribution in [1.82, 2.24) is 30.1 Å². The molecule has 0 bridgehead atoms. The van der Waals surface area contributed by atoms with Gasteiger partial charge in [-0.15, -0.1) is 0 Å². The zero-order valence-corrected chi connectivity index (χ0v) is 16.5. The van der Waals surface area contributed by atoms with E-state index in [2.05, 4.69) is 17.1 Å². The van der Waals surface area contributed by atoms with E-state index < -0.39 is 5.92 Å². The molecule has 9 heteroatoms. The van der Waals surface area contributed by atoms with Gasteiger partial charge in [0.05, 0.1) is 35.1 Å². The third-order valence-corrected chi connectivity index (χ3v) is 5.67. The summed E-state index contributed by atoms with van der Waals surface area (Å²) >= 11 is 0. The number of hydroxylamine groups is 2. The highest BCUT2D eigenvalue weighted by Gasteiger charge is 2.36. The molecule has 4 rings (SSSR count). The van der Waals surface area contributed by atoms with Crippen molar-refractivity contribution in [3.63, 3.8) is 0 Å². The number of carbonyl (C=O) groups excluding carboxylic acids is 2. The SMILES string of the molecule is CCCCC(CN(O)C=O)C(=O)N1CCCC1c1nc2cc3c[nH][nH]c3cc2n1. The zero-order chi connectivity index (χ0) is 20.4. The maximum atomic E-state index is 13.3. The van der Waals surface area contributed by atoms with Gasteiger partial charge in [-0.1, -0.05) is 19.8 Å². The second-order valence-corrected chi connectivity index (χ2v) is 7.68. The number of unbranched alkanes of at least 4 members (excludes halogenated alkanes) is 1. The van der Waals surface area contributed by atoms with Gasteiger partial charge < -0.3 is 15.1 Å². The predicted octanol–water partition coefficient (Wildman–Crippen LogP) is 2.76. The molecule has 9 nitrogen and oxygen atoms in total. The highest BCUT2D eigenvalue weighted by atomic mass is 16.5. The smallest absolute Gasteiger partial charge is 0.233 e. The van der Waals surface area contributed by atoms with Crippen molar-refractivity contribution >= 4 is 34.3 Å². The molecule has 2 amide bonds. The van der Waals surface area contributed by atoms with Gasteiger partial charge in [0.1, 0.15) is 0 Å². The van der Waals surface area contributed by atoms with E-state index >= 15 is 0 Å². The van der Waals surface area contributed by atoms with Crippen LogP contribution >= 0.6 is 0 Å². The van der Waals surface area contributed by atoms with E-state index in [0.717, 1.165) is 47.6 Å². The van der Waals surface area contributed by atoms with Gasteiger partial charge in [-0.05, 0) is 31.4 Å². The molecule has 3 aromatic rings. The van der Waals surface area contributed by atoms with Crippen LogP contribution in [-0.4, -0.2) is 60.7 Å². The van der Waals surface area contributed by atoms with Crippen molar-refractivity contribution in [1.29, 1.82) is 0 Å². The van der Waals surface area contributed by atoms with Crippen LogP contribution in [-0.2, 0) is 9.59 Å². The molecule has 154 valence electrons. The summed E-state index contributed by atoms with van der Waals surface area (Å²) in [7, 11) is 0. The lowest BCUT2D eigenvalue weighted by Gasteiger charge is -2.28. The Hall–Kier alpha value is -2.94. The van der Waals surface area contributed by atoms with Gasteiger partial charge in [-0.25, -0.2) is 15.0 Å². The molecule has 1 aliphatic heterocycles. The van der Waals surface area contributed by atoms with Crippen molar-refractivity contribution in [2.75, 3.05) is 13.1 Å². The molecule has 2 aromatic heterocycles. The summed E-state index contributed by atoms with van der Waals surface area (Å²) in [5.74, 6) is 0.189. The average molecular weight is 398 g/mol. The molecule has 1 aliphatic rings. The fourth-order valence-corrected chi connectivity index (χ4v) is 4.16. The molecule has 3 heterocycles. The van der Waals surface area contributed by atoms with E-state index in [4.69, 9.17) is 9.97 Å². The lowest BCUT2D eigenvalue weighted by atomic mass is 9.99. The number of hydrogen-bond donors (Lipinski definition) is 3. The topological polar surface area (TPSA) is 118 Å². The number of benzene rings is 1. The summed E-state index contributed by atoms with van der Waals surface area (Å²) in [5, 5.41) is 17.2. The Kier molecular flexibility index (Phi) is 5.48. The molecule has 1 saturated heterocycles. The summed E-state index contributed by atoms with van der Waals surface area (Å²) < 4.78 is 0. The number of amides is 2. The van der Waals surface area contributed by atoms with Crippen LogP contribution in [0.3, 0.4) is 0 Å². The number of nitrogens with one attached hydrogen (secondary N) is 2. The molecule has 3 N–H and O–H groups in total. The van der Waals surface area contributed by atoms with Crippen LogP contribution in [0.1, 0.15) is 50.9 Å². The van der Waals surface area contributed by atoms with Crippen LogP contribution in [0.2, 0.25) is 0 Å². The molecule has 0 spiro atoms. The maximum Gasteiger partial charge on any atom is 0.233 e. The van der Waals surface area contributed by atoms with E-state index in [1.807, 2.05) is 23.2 Å². The number of rotatable bonds is 8. The summed E-state index contributed by atoms with van der Waals surface area (Å²) in [6.07, 6.45) is 6.36. The molecular weight excluding hydrogens is 372 g/mol. The van der Waals surface area contributed by atoms with Crippen molar-refractivity contribution in [3.05, 3.63) is 24.2 Å². The number of imidazole rings is 1. The lowest BCUT2D eigenvalue weighted by Crippen LogP contribution is -2.40. The van der Waals surface area contributed by atoms with Crippen molar-refractivity contribution < 1.29 is 14.8 Å². The van der Waals surface area contributed by atoms with Crippen LogP contribution in [0, 0.1) is 5.92 Å². The Bertz CT molecular complexity index is 964. The third-order valence-electron chi connectivity index (χ3n) is 5.67. The number of likely N-dealkylation sites (tertiary alicyclic amines) is 1. The van der Waals surface area contributed by atoms with Crippen LogP contribution in [0.5, 0.6) is 0 Å². The van der Waals surface area contributed by atoms with Crippen molar-refractivity contribution in [2.24, 2.45) is 5.92 Å². The quantitative estimate of drug-likeness (QED) is 0.306. The molecule has 1 fully saturated rings. The van der Waals surface area contributed by atoms with E-state index in [1.54, 1.807) is 0 Å². The second-order valence-electron chi connectivity index (χ2n) is 7.68. The van der Waals surface area contributed by atoms with Crippen LogP contribution in [0.15, 0.2) is 18.3 Å². The molecule has 29 heavy (non-hydrogen) atoms. The first kappa shape index (κ1) is 19.4. The van der Waals surface area contributed by atoms with Gasteiger partial charge in [0.2, 0.25) is 12.3 Å². The third kappa shape index (κ3) is 3.82. The summed E-state index contributed by atoms with van der Waals surface area (Å²) in [6.45, 7) is 2.70. The number of hydrogen-bond acceptors (Lipinski definition) is 5. The first-order valence-corrected chi connectivity index (χ1v) is 10.1. The molecule has 2 unspecified atom stereocenters. The minimum absolute atomic E-state index is 0.0105. The largest absolute Gasteiger partial charge is 0.332 e. The van der Waals surface area contributed by atoms with Crippen molar-refractivity contribution in [3.8, 4) is 0 Å². The van der Waals surface area contributed by atoms with Gasteiger partial charge in [0.25, 0.3) is 0 Å². The highest BCUT2D eigenvalue weighted by molar-refractivity contribution is 5.92. The number of aromatic amines is 2. The van der Waals surface area contributed by atoms with Crippen LogP contribution in [0.4, 0.5) is 0 Å². The van der Waals surface area contributed by atoms with Gasteiger partial charge in [0, 0.05) is 18.1 Å². The Balaban J connectivity index is 1.59.